The van der Waals surface area contributed by atoms with Crippen molar-refractivity contribution in [3.05, 3.63) is 69.8 Å². The summed E-state index contributed by atoms with van der Waals surface area (Å²) in [5, 5.41) is 6.56. The normalized spacial score (nSPS) is 10.9. The summed E-state index contributed by atoms with van der Waals surface area (Å²) in [6.45, 7) is 0. The third kappa shape index (κ3) is 7.75. The number of carbonyl (C=O) groups is 2. The highest BCUT2D eigenvalue weighted by Gasteiger charge is 2.06. The molecule has 0 aliphatic rings. The standard InChI is InChI=1S/C19H18IN3O2/c20-16-8-10-17(11-9-16)22-18(24)12-13-19(25)23-21-14-4-7-15-5-2-1-3-6-15/h1-11,14H,12-13H2,(H,22,24)(H,23,25)/b7-4+,21-14+. The Bertz CT molecular complexity index is 756. The van der Waals surface area contributed by atoms with Gasteiger partial charge in [-0.2, -0.15) is 5.10 Å². The molecule has 0 saturated carbocycles. The molecular weight excluding hydrogens is 429 g/mol. The van der Waals surface area contributed by atoms with E-state index in [1.807, 2.05) is 60.7 Å². The molecule has 2 aromatic carbocycles. The van der Waals surface area contributed by atoms with Crippen LogP contribution in [0.3, 0.4) is 0 Å². The summed E-state index contributed by atoms with van der Waals surface area (Å²) in [7, 11) is 0. The fourth-order valence-electron chi connectivity index (χ4n) is 1.91. The quantitative estimate of drug-likeness (QED) is 0.385. The van der Waals surface area contributed by atoms with Gasteiger partial charge < -0.3 is 5.32 Å². The SMILES string of the molecule is O=C(CCC(=O)Nc1ccc(I)cc1)N/N=C/C=C/c1ccccc1. The minimum atomic E-state index is -0.304. The van der Waals surface area contributed by atoms with Gasteiger partial charge in [0.05, 0.1) is 0 Å². The monoisotopic (exact) mass is 447 g/mol. The first-order chi connectivity index (χ1) is 12.1. The van der Waals surface area contributed by atoms with E-state index >= 15 is 0 Å². The molecule has 0 saturated heterocycles. The van der Waals surface area contributed by atoms with Crippen molar-refractivity contribution in [2.45, 2.75) is 12.8 Å². The van der Waals surface area contributed by atoms with Crippen LogP contribution in [0.1, 0.15) is 18.4 Å². The molecule has 5 nitrogen and oxygen atoms in total. The summed E-state index contributed by atoms with van der Waals surface area (Å²) in [5.74, 6) is -0.508. The van der Waals surface area contributed by atoms with E-state index in [0.717, 1.165) is 14.8 Å². The number of hydrogen-bond acceptors (Lipinski definition) is 3. The van der Waals surface area contributed by atoms with Gasteiger partial charge in [0.25, 0.3) is 0 Å². The average molecular weight is 447 g/mol. The summed E-state index contributed by atoms with van der Waals surface area (Å²) < 4.78 is 1.09. The van der Waals surface area contributed by atoms with Crippen molar-refractivity contribution in [1.29, 1.82) is 0 Å². The summed E-state index contributed by atoms with van der Waals surface area (Å²) in [6, 6.07) is 17.2. The van der Waals surface area contributed by atoms with E-state index in [0.29, 0.717) is 0 Å². The van der Waals surface area contributed by atoms with Crippen LogP contribution in [0.5, 0.6) is 0 Å². The molecule has 0 aliphatic carbocycles. The molecule has 2 N–H and O–H groups in total. The zero-order valence-electron chi connectivity index (χ0n) is 13.5. The first-order valence-electron chi connectivity index (χ1n) is 7.72. The van der Waals surface area contributed by atoms with Gasteiger partial charge in [-0.05, 0) is 58.5 Å². The van der Waals surface area contributed by atoms with Crippen molar-refractivity contribution in [3.63, 3.8) is 0 Å². The second-order valence-corrected chi connectivity index (χ2v) is 6.38. The highest BCUT2D eigenvalue weighted by molar-refractivity contribution is 14.1. The Morgan fingerprint density at radius 2 is 1.64 bits per heavy atom. The molecule has 0 spiro atoms. The number of nitrogens with zero attached hydrogens (tertiary/aromatic N) is 1. The van der Waals surface area contributed by atoms with E-state index < -0.39 is 0 Å². The molecular formula is C19H18IN3O2. The molecule has 2 rings (SSSR count). The van der Waals surface area contributed by atoms with E-state index in [2.05, 4.69) is 38.4 Å². The maximum absolute atomic E-state index is 11.8. The smallest absolute Gasteiger partial charge is 0.240 e. The summed E-state index contributed by atoms with van der Waals surface area (Å²) in [4.78, 5) is 23.4. The number of allylic oxidation sites excluding steroid dienone is 1. The van der Waals surface area contributed by atoms with Gasteiger partial charge >= 0.3 is 0 Å². The molecule has 0 aliphatic heterocycles. The fraction of sp³-hybridized carbons (Fsp3) is 0.105. The van der Waals surface area contributed by atoms with Gasteiger partial charge in [0.2, 0.25) is 11.8 Å². The van der Waals surface area contributed by atoms with Gasteiger partial charge in [-0.1, -0.05) is 36.4 Å². The average Bonchev–Trinajstić information content (AvgIpc) is 2.62. The molecule has 0 fully saturated rings. The van der Waals surface area contributed by atoms with Crippen molar-refractivity contribution in [3.8, 4) is 0 Å². The minimum absolute atomic E-state index is 0.0793. The molecule has 0 aromatic heterocycles. The Morgan fingerprint density at radius 3 is 2.36 bits per heavy atom. The van der Waals surface area contributed by atoms with Crippen molar-refractivity contribution < 1.29 is 9.59 Å². The van der Waals surface area contributed by atoms with Crippen LogP contribution in [-0.4, -0.2) is 18.0 Å². The van der Waals surface area contributed by atoms with Gasteiger partial charge in [0.15, 0.2) is 0 Å². The van der Waals surface area contributed by atoms with Crippen LogP contribution in [0.25, 0.3) is 6.08 Å². The lowest BCUT2D eigenvalue weighted by Crippen LogP contribution is -2.20. The van der Waals surface area contributed by atoms with Crippen LogP contribution >= 0.6 is 22.6 Å². The number of amides is 2. The van der Waals surface area contributed by atoms with Gasteiger partial charge in [-0.3, -0.25) is 9.59 Å². The van der Waals surface area contributed by atoms with Crippen LogP contribution in [0.15, 0.2) is 65.8 Å². The number of halogens is 1. The third-order valence-corrected chi connectivity index (χ3v) is 3.86. The Kier molecular flexibility index (Phi) is 7.84. The van der Waals surface area contributed by atoms with Crippen molar-refractivity contribution in [2.75, 3.05) is 5.32 Å². The molecule has 128 valence electrons. The van der Waals surface area contributed by atoms with E-state index in [1.54, 1.807) is 6.08 Å². The fourth-order valence-corrected chi connectivity index (χ4v) is 2.27. The largest absolute Gasteiger partial charge is 0.326 e. The summed E-state index contributed by atoms with van der Waals surface area (Å²) in [6.07, 6.45) is 5.29. The van der Waals surface area contributed by atoms with Crippen molar-refractivity contribution in [1.82, 2.24) is 5.43 Å². The number of carbonyl (C=O) groups excluding carboxylic acids is 2. The number of hydrazone groups is 1. The molecule has 0 bridgehead atoms. The maximum atomic E-state index is 11.8. The third-order valence-electron chi connectivity index (χ3n) is 3.15. The Labute approximate surface area is 160 Å². The second kappa shape index (κ2) is 10.4. The Balaban J connectivity index is 1.66. The molecule has 25 heavy (non-hydrogen) atoms. The zero-order valence-corrected chi connectivity index (χ0v) is 15.6. The number of hydrogen-bond donors (Lipinski definition) is 2. The molecule has 0 radical (unpaired) electrons. The lowest BCUT2D eigenvalue weighted by Gasteiger charge is -2.04. The highest BCUT2D eigenvalue weighted by atomic mass is 127. The predicted octanol–water partition coefficient (Wildman–Crippen LogP) is 3.83. The first kappa shape index (κ1) is 18.9. The molecule has 2 aromatic rings. The molecule has 2 amide bonds. The van der Waals surface area contributed by atoms with Gasteiger partial charge in [0, 0.05) is 28.3 Å². The topological polar surface area (TPSA) is 70.6 Å². The van der Waals surface area contributed by atoms with E-state index in [-0.39, 0.29) is 24.7 Å². The van der Waals surface area contributed by atoms with Crippen LogP contribution < -0.4 is 10.7 Å². The Morgan fingerprint density at radius 1 is 0.960 bits per heavy atom. The van der Waals surface area contributed by atoms with Crippen LogP contribution in [0, 0.1) is 3.57 Å². The second-order valence-electron chi connectivity index (χ2n) is 5.14. The Hall–Kier alpha value is -2.48. The first-order valence-corrected chi connectivity index (χ1v) is 8.80. The van der Waals surface area contributed by atoms with Crippen molar-refractivity contribution in [2.24, 2.45) is 5.10 Å². The number of rotatable bonds is 7. The van der Waals surface area contributed by atoms with Gasteiger partial charge in [-0.25, -0.2) is 5.43 Å². The highest BCUT2D eigenvalue weighted by Crippen LogP contribution is 2.11. The predicted molar refractivity (Wildman–Crippen MR) is 109 cm³/mol. The maximum Gasteiger partial charge on any atom is 0.240 e. The lowest BCUT2D eigenvalue weighted by atomic mass is 10.2. The van der Waals surface area contributed by atoms with Gasteiger partial charge in [0.1, 0.15) is 0 Å². The van der Waals surface area contributed by atoms with Crippen molar-refractivity contribution >= 4 is 52.4 Å². The van der Waals surface area contributed by atoms with Crippen LogP contribution in [0.4, 0.5) is 5.69 Å². The lowest BCUT2D eigenvalue weighted by molar-refractivity contribution is -0.124. The molecule has 0 heterocycles. The van der Waals surface area contributed by atoms with E-state index in [1.165, 1.54) is 6.21 Å². The molecule has 0 atom stereocenters. The summed E-state index contributed by atoms with van der Waals surface area (Å²) >= 11 is 2.19. The van der Waals surface area contributed by atoms with Crippen LogP contribution in [0.2, 0.25) is 0 Å². The summed E-state index contributed by atoms with van der Waals surface area (Å²) in [5.41, 5.74) is 4.16. The van der Waals surface area contributed by atoms with E-state index in [4.69, 9.17) is 0 Å². The van der Waals surface area contributed by atoms with E-state index in [9.17, 15) is 9.59 Å². The van der Waals surface area contributed by atoms with Crippen LogP contribution in [-0.2, 0) is 9.59 Å². The number of benzene rings is 2. The van der Waals surface area contributed by atoms with Gasteiger partial charge in [-0.15, -0.1) is 0 Å². The number of nitrogens with one attached hydrogen (secondary N) is 2. The zero-order chi connectivity index (χ0) is 17.9. The number of anilines is 1. The minimum Gasteiger partial charge on any atom is -0.326 e. The molecule has 6 heteroatoms. The molecule has 0 unspecified atom stereocenters.